The Hall–Kier alpha value is -1.04. The second-order valence-corrected chi connectivity index (χ2v) is 3.85. The Bertz CT molecular complexity index is 341. The molecule has 1 heterocycles. The van der Waals surface area contributed by atoms with E-state index in [2.05, 4.69) is 10.6 Å². The highest BCUT2D eigenvalue weighted by Gasteiger charge is 2.01. The zero-order chi connectivity index (χ0) is 12.5. The molecule has 0 fully saturated rings. The number of furan rings is 1. The molecule has 1 aromatic heterocycles. The lowest BCUT2D eigenvalue weighted by atomic mass is 10.3. The summed E-state index contributed by atoms with van der Waals surface area (Å²) >= 11 is 5.62. The van der Waals surface area contributed by atoms with Gasteiger partial charge in [0.2, 0.25) is 5.91 Å². The first kappa shape index (κ1) is 14.0. The van der Waals surface area contributed by atoms with Gasteiger partial charge in [-0.15, -0.1) is 0 Å². The molecule has 0 aliphatic heterocycles. The van der Waals surface area contributed by atoms with E-state index in [1.165, 1.54) is 0 Å². The first-order chi connectivity index (χ1) is 8.22. The predicted molar refractivity (Wildman–Crippen MR) is 64.9 cm³/mol. The number of hydrogen-bond acceptors (Lipinski definition) is 4. The number of halogens is 1. The van der Waals surface area contributed by atoms with E-state index in [1.807, 2.05) is 0 Å². The molecule has 0 bridgehead atoms. The van der Waals surface area contributed by atoms with Crippen LogP contribution >= 0.6 is 11.6 Å². The number of amides is 1. The maximum Gasteiger partial charge on any atom is 0.221 e. The van der Waals surface area contributed by atoms with E-state index in [-0.39, 0.29) is 5.91 Å². The lowest BCUT2D eigenvalue weighted by Crippen LogP contribution is -2.29. The SMILES string of the molecule is COCCNC(=O)CCNCc1ccc(Cl)o1. The van der Waals surface area contributed by atoms with Crippen molar-refractivity contribution in [2.75, 3.05) is 26.8 Å². The Morgan fingerprint density at radius 2 is 2.29 bits per heavy atom. The Kier molecular flexibility index (Phi) is 6.69. The molecule has 0 spiro atoms. The molecule has 2 N–H and O–H groups in total. The Labute approximate surface area is 105 Å². The molecule has 1 aromatic rings. The molecule has 0 radical (unpaired) electrons. The number of methoxy groups -OCH3 is 1. The highest BCUT2D eigenvalue weighted by Crippen LogP contribution is 2.12. The predicted octanol–water partition coefficient (Wildman–Crippen LogP) is 1.18. The van der Waals surface area contributed by atoms with Gasteiger partial charge in [-0.2, -0.15) is 0 Å². The topological polar surface area (TPSA) is 63.5 Å². The van der Waals surface area contributed by atoms with Crippen LogP contribution in [0.25, 0.3) is 0 Å². The molecule has 0 aliphatic rings. The molecule has 0 aliphatic carbocycles. The number of hydrogen-bond donors (Lipinski definition) is 2. The van der Waals surface area contributed by atoms with Gasteiger partial charge < -0.3 is 19.8 Å². The summed E-state index contributed by atoms with van der Waals surface area (Å²) in [6.45, 7) is 2.24. The van der Waals surface area contributed by atoms with E-state index in [0.717, 1.165) is 5.76 Å². The Morgan fingerprint density at radius 1 is 1.47 bits per heavy atom. The van der Waals surface area contributed by atoms with Gasteiger partial charge in [-0.25, -0.2) is 0 Å². The van der Waals surface area contributed by atoms with Crippen molar-refractivity contribution >= 4 is 17.5 Å². The molecule has 17 heavy (non-hydrogen) atoms. The molecule has 5 nitrogen and oxygen atoms in total. The monoisotopic (exact) mass is 260 g/mol. The van der Waals surface area contributed by atoms with Gasteiger partial charge in [0.15, 0.2) is 5.22 Å². The van der Waals surface area contributed by atoms with E-state index in [4.69, 9.17) is 20.8 Å². The molecule has 6 heteroatoms. The van der Waals surface area contributed by atoms with Crippen molar-refractivity contribution in [3.63, 3.8) is 0 Å². The van der Waals surface area contributed by atoms with Crippen LogP contribution in [0.15, 0.2) is 16.5 Å². The Balaban J connectivity index is 2.02. The third-order valence-corrected chi connectivity index (χ3v) is 2.29. The molecular formula is C11H17ClN2O3. The van der Waals surface area contributed by atoms with E-state index < -0.39 is 0 Å². The lowest BCUT2D eigenvalue weighted by Gasteiger charge is -2.04. The second kappa shape index (κ2) is 8.11. The van der Waals surface area contributed by atoms with Gasteiger partial charge in [0.05, 0.1) is 13.2 Å². The fourth-order valence-electron chi connectivity index (χ4n) is 1.24. The molecule has 0 unspecified atom stereocenters. The summed E-state index contributed by atoms with van der Waals surface area (Å²) in [6.07, 6.45) is 0.429. The van der Waals surface area contributed by atoms with Crippen LogP contribution in [0.2, 0.25) is 5.22 Å². The second-order valence-electron chi connectivity index (χ2n) is 3.48. The first-order valence-corrected chi connectivity index (χ1v) is 5.80. The normalized spacial score (nSPS) is 10.5. The van der Waals surface area contributed by atoms with Gasteiger partial charge in [-0.1, -0.05) is 0 Å². The molecule has 1 rings (SSSR count). The zero-order valence-electron chi connectivity index (χ0n) is 9.79. The van der Waals surface area contributed by atoms with Crippen LogP contribution in [0, 0.1) is 0 Å². The smallest absolute Gasteiger partial charge is 0.221 e. The molecule has 0 atom stereocenters. The summed E-state index contributed by atoms with van der Waals surface area (Å²) in [4.78, 5) is 11.3. The van der Waals surface area contributed by atoms with E-state index >= 15 is 0 Å². The number of nitrogens with one attached hydrogen (secondary N) is 2. The quantitative estimate of drug-likeness (QED) is 0.689. The van der Waals surface area contributed by atoms with Gasteiger partial charge in [-0.05, 0) is 23.7 Å². The highest BCUT2D eigenvalue weighted by atomic mass is 35.5. The first-order valence-electron chi connectivity index (χ1n) is 5.43. The summed E-state index contributed by atoms with van der Waals surface area (Å²) in [5, 5.41) is 6.20. The highest BCUT2D eigenvalue weighted by molar-refractivity contribution is 6.28. The van der Waals surface area contributed by atoms with E-state index in [9.17, 15) is 4.79 Å². The molecular weight excluding hydrogens is 244 g/mol. The molecule has 1 amide bonds. The van der Waals surface area contributed by atoms with E-state index in [0.29, 0.717) is 37.9 Å². The maximum absolute atomic E-state index is 11.3. The lowest BCUT2D eigenvalue weighted by molar-refractivity contribution is -0.121. The van der Waals surface area contributed by atoms with Crippen LogP contribution in [0.3, 0.4) is 0 Å². The van der Waals surface area contributed by atoms with Crippen LogP contribution in [0.1, 0.15) is 12.2 Å². The van der Waals surface area contributed by atoms with Gasteiger partial charge in [0, 0.05) is 26.6 Å². The largest absolute Gasteiger partial charge is 0.448 e. The summed E-state index contributed by atoms with van der Waals surface area (Å²) in [5.74, 6) is 0.766. The van der Waals surface area contributed by atoms with Crippen molar-refractivity contribution in [1.29, 1.82) is 0 Å². The minimum absolute atomic E-state index is 0.00651. The number of carbonyl (C=O) groups excluding carboxylic acids is 1. The average Bonchev–Trinajstić information content (AvgIpc) is 2.71. The summed E-state index contributed by atoms with van der Waals surface area (Å²) in [7, 11) is 1.60. The average molecular weight is 261 g/mol. The van der Waals surface area contributed by atoms with Crippen LogP contribution in [0.4, 0.5) is 0 Å². The van der Waals surface area contributed by atoms with Crippen molar-refractivity contribution in [3.05, 3.63) is 23.1 Å². The fraction of sp³-hybridized carbons (Fsp3) is 0.545. The fourth-order valence-corrected chi connectivity index (χ4v) is 1.40. The number of ether oxygens (including phenoxy) is 1. The van der Waals surface area contributed by atoms with E-state index in [1.54, 1.807) is 19.2 Å². The van der Waals surface area contributed by atoms with Crippen molar-refractivity contribution in [3.8, 4) is 0 Å². The standard InChI is InChI=1S/C11H17ClN2O3/c1-16-7-6-14-11(15)4-5-13-8-9-2-3-10(12)17-9/h2-3,13H,4-8H2,1H3,(H,14,15). The van der Waals surface area contributed by atoms with Gasteiger partial charge in [0.1, 0.15) is 5.76 Å². The van der Waals surface area contributed by atoms with Crippen molar-refractivity contribution in [2.45, 2.75) is 13.0 Å². The van der Waals surface area contributed by atoms with Crippen molar-refractivity contribution in [2.24, 2.45) is 0 Å². The third-order valence-electron chi connectivity index (χ3n) is 2.09. The van der Waals surface area contributed by atoms with Gasteiger partial charge >= 0.3 is 0 Å². The van der Waals surface area contributed by atoms with Crippen LogP contribution in [-0.2, 0) is 16.1 Å². The summed E-state index contributed by atoms with van der Waals surface area (Å²) in [6, 6.07) is 3.49. The zero-order valence-corrected chi connectivity index (χ0v) is 10.5. The van der Waals surface area contributed by atoms with Crippen LogP contribution in [0.5, 0.6) is 0 Å². The third kappa shape index (κ3) is 6.31. The van der Waals surface area contributed by atoms with Gasteiger partial charge in [0.25, 0.3) is 0 Å². The maximum atomic E-state index is 11.3. The summed E-state index contributed by atoms with van der Waals surface area (Å²) < 4.78 is 9.98. The molecule has 0 saturated carbocycles. The number of rotatable bonds is 8. The Morgan fingerprint density at radius 3 is 2.94 bits per heavy atom. The molecule has 0 aromatic carbocycles. The molecule has 0 saturated heterocycles. The molecule has 96 valence electrons. The minimum Gasteiger partial charge on any atom is -0.448 e. The van der Waals surface area contributed by atoms with Crippen LogP contribution in [-0.4, -0.2) is 32.7 Å². The summed E-state index contributed by atoms with van der Waals surface area (Å²) in [5.41, 5.74) is 0. The van der Waals surface area contributed by atoms with Gasteiger partial charge in [-0.3, -0.25) is 4.79 Å². The number of carbonyl (C=O) groups is 1. The van der Waals surface area contributed by atoms with Crippen LogP contribution < -0.4 is 10.6 Å². The van der Waals surface area contributed by atoms with Crippen molar-refractivity contribution < 1.29 is 13.9 Å². The van der Waals surface area contributed by atoms with Crippen molar-refractivity contribution in [1.82, 2.24) is 10.6 Å². The minimum atomic E-state index is 0.00651.